The fourth-order valence-electron chi connectivity index (χ4n) is 4.12. The molecule has 31 heavy (non-hydrogen) atoms. The van der Waals surface area contributed by atoms with Gasteiger partial charge in [-0.2, -0.15) is 0 Å². The molecule has 0 radical (unpaired) electrons. The third-order valence-electron chi connectivity index (χ3n) is 5.84. The number of carbonyl (C=O) groups is 1. The van der Waals surface area contributed by atoms with Crippen molar-refractivity contribution in [2.24, 2.45) is 5.92 Å². The van der Waals surface area contributed by atoms with Crippen molar-refractivity contribution >= 4 is 22.6 Å². The number of hydrogen-bond acceptors (Lipinski definition) is 4. The van der Waals surface area contributed by atoms with E-state index in [1.54, 1.807) is 0 Å². The summed E-state index contributed by atoms with van der Waals surface area (Å²) in [6.45, 7) is 2.40. The van der Waals surface area contributed by atoms with Crippen LogP contribution in [0.2, 0.25) is 0 Å². The molecule has 154 valence electrons. The van der Waals surface area contributed by atoms with Crippen molar-refractivity contribution in [3.63, 3.8) is 0 Å². The van der Waals surface area contributed by atoms with Crippen LogP contribution in [0.1, 0.15) is 16.8 Å². The van der Waals surface area contributed by atoms with Gasteiger partial charge in [0.25, 0.3) is 5.91 Å². The molecule has 1 aromatic heterocycles. The molecular formula is C26H24N4O. The molecule has 1 aliphatic rings. The van der Waals surface area contributed by atoms with Crippen LogP contribution in [-0.2, 0) is 0 Å². The molecule has 0 spiro atoms. The molecule has 1 saturated heterocycles. The summed E-state index contributed by atoms with van der Waals surface area (Å²) >= 11 is 0. The van der Waals surface area contributed by atoms with E-state index < -0.39 is 0 Å². The van der Waals surface area contributed by atoms with Gasteiger partial charge in [-0.3, -0.25) is 4.79 Å². The standard InChI is InChI=1S/C26H24N4O/c31-25(21-7-2-1-3-8-21)28-17-19-13-15-30(18-19)26-27-14-12-24(29-26)23-11-10-20-6-4-5-9-22(20)16-23/h1-12,14,16,19H,13,15,17-18H2,(H,28,31). The number of amides is 1. The van der Waals surface area contributed by atoms with Gasteiger partial charge < -0.3 is 10.2 Å². The van der Waals surface area contributed by atoms with E-state index in [2.05, 4.69) is 57.7 Å². The molecule has 3 aromatic carbocycles. The van der Waals surface area contributed by atoms with Crippen molar-refractivity contribution in [1.82, 2.24) is 15.3 Å². The molecule has 0 saturated carbocycles. The van der Waals surface area contributed by atoms with Crippen LogP contribution in [0.3, 0.4) is 0 Å². The SMILES string of the molecule is O=C(NCC1CCN(c2nccc(-c3ccc4ccccc4c3)n2)C1)c1ccccc1. The van der Waals surface area contributed by atoms with E-state index >= 15 is 0 Å². The van der Waals surface area contributed by atoms with Gasteiger partial charge in [-0.15, -0.1) is 0 Å². The molecule has 1 aliphatic heterocycles. The Kier molecular flexibility index (Phi) is 5.31. The summed E-state index contributed by atoms with van der Waals surface area (Å²) in [4.78, 5) is 23.9. The summed E-state index contributed by atoms with van der Waals surface area (Å²) in [5, 5.41) is 5.49. The molecule has 0 bridgehead atoms. The normalized spacial score (nSPS) is 15.9. The van der Waals surface area contributed by atoms with Gasteiger partial charge in [0, 0.05) is 37.0 Å². The monoisotopic (exact) mass is 408 g/mol. The van der Waals surface area contributed by atoms with Crippen molar-refractivity contribution in [1.29, 1.82) is 0 Å². The predicted octanol–water partition coefficient (Wildman–Crippen LogP) is 4.55. The summed E-state index contributed by atoms with van der Waals surface area (Å²) in [5.41, 5.74) is 2.72. The fraction of sp³-hybridized carbons (Fsp3) is 0.192. The first-order chi connectivity index (χ1) is 15.3. The van der Waals surface area contributed by atoms with E-state index in [1.165, 1.54) is 10.8 Å². The zero-order valence-electron chi connectivity index (χ0n) is 17.2. The van der Waals surface area contributed by atoms with Gasteiger partial charge in [0.2, 0.25) is 5.95 Å². The smallest absolute Gasteiger partial charge is 0.251 e. The molecule has 5 rings (SSSR count). The molecule has 5 nitrogen and oxygen atoms in total. The van der Waals surface area contributed by atoms with Crippen LogP contribution in [0.15, 0.2) is 85.1 Å². The molecule has 1 unspecified atom stereocenters. The van der Waals surface area contributed by atoms with E-state index in [-0.39, 0.29) is 5.91 Å². The minimum Gasteiger partial charge on any atom is -0.352 e. The van der Waals surface area contributed by atoms with Gasteiger partial charge in [-0.1, -0.05) is 54.6 Å². The van der Waals surface area contributed by atoms with E-state index in [1.807, 2.05) is 42.6 Å². The lowest BCUT2D eigenvalue weighted by atomic mass is 10.1. The van der Waals surface area contributed by atoms with Gasteiger partial charge in [0.05, 0.1) is 5.69 Å². The van der Waals surface area contributed by atoms with Crippen molar-refractivity contribution in [2.45, 2.75) is 6.42 Å². The number of rotatable bonds is 5. The topological polar surface area (TPSA) is 58.1 Å². The van der Waals surface area contributed by atoms with Crippen LogP contribution in [0, 0.1) is 5.92 Å². The zero-order chi connectivity index (χ0) is 21.0. The summed E-state index contributed by atoms with van der Waals surface area (Å²) in [7, 11) is 0. The molecule has 2 heterocycles. The van der Waals surface area contributed by atoms with Crippen LogP contribution in [-0.4, -0.2) is 35.5 Å². The molecule has 1 amide bonds. The maximum absolute atomic E-state index is 12.3. The lowest BCUT2D eigenvalue weighted by molar-refractivity contribution is 0.0948. The summed E-state index contributed by atoms with van der Waals surface area (Å²) in [5.74, 6) is 1.12. The molecule has 4 aromatic rings. The largest absolute Gasteiger partial charge is 0.352 e. The van der Waals surface area contributed by atoms with Gasteiger partial charge in [0.1, 0.15) is 0 Å². The second kappa shape index (κ2) is 8.56. The molecule has 1 fully saturated rings. The average molecular weight is 409 g/mol. The highest BCUT2D eigenvalue weighted by Gasteiger charge is 2.25. The maximum Gasteiger partial charge on any atom is 0.251 e. The molecule has 1 N–H and O–H groups in total. The lowest BCUT2D eigenvalue weighted by Crippen LogP contribution is -2.31. The van der Waals surface area contributed by atoms with E-state index in [0.29, 0.717) is 18.0 Å². The summed E-state index contributed by atoms with van der Waals surface area (Å²) in [6, 6.07) is 26.1. The number of aromatic nitrogens is 2. The van der Waals surface area contributed by atoms with E-state index in [4.69, 9.17) is 4.98 Å². The molecule has 1 atom stereocenters. The van der Waals surface area contributed by atoms with Gasteiger partial charge in [-0.25, -0.2) is 9.97 Å². The Bertz CT molecular complexity index is 1210. The first-order valence-electron chi connectivity index (χ1n) is 10.7. The quantitative estimate of drug-likeness (QED) is 0.526. The van der Waals surface area contributed by atoms with Crippen molar-refractivity contribution in [3.05, 3.63) is 90.6 Å². The third-order valence-corrected chi connectivity index (χ3v) is 5.84. The summed E-state index contributed by atoms with van der Waals surface area (Å²) < 4.78 is 0. The highest BCUT2D eigenvalue weighted by Crippen LogP contribution is 2.26. The van der Waals surface area contributed by atoms with E-state index in [0.717, 1.165) is 36.7 Å². The Morgan fingerprint density at radius 3 is 2.65 bits per heavy atom. The number of fused-ring (bicyclic) bond motifs is 1. The molecule has 0 aliphatic carbocycles. The van der Waals surface area contributed by atoms with Gasteiger partial charge in [-0.05, 0) is 47.4 Å². The van der Waals surface area contributed by atoms with Crippen molar-refractivity contribution in [3.8, 4) is 11.3 Å². The van der Waals surface area contributed by atoms with Crippen LogP contribution >= 0.6 is 0 Å². The maximum atomic E-state index is 12.3. The summed E-state index contributed by atoms with van der Waals surface area (Å²) in [6.07, 6.45) is 2.84. The minimum atomic E-state index is -0.0198. The number of hydrogen-bond donors (Lipinski definition) is 1. The Morgan fingerprint density at radius 2 is 1.77 bits per heavy atom. The third kappa shape index (κ3) is 4.26. The molecular weight excluding hydrogens is 384 g/mol. The predicted molar refractivity (Wildman–Crippen MR) is 124 cm³/mol. The number of benzene rings is 3. The van der Waals surface area contributed by atoms with Gasteiger partial charge in [0.15, 0.2) is 0 Å². The second-order valence-electron chi connectivity index (χ2n) is 7.98. The van der Waals surface area contributed by atoms with Crippen LogP contribution in [0.4, 0.5) is 5.95 Å². The van der Waals surface area contributed by atoms with Crippen molar-refractivity contribution < 1.29 is 4.79 Å². The van der Waals surface area contributed by atoms with Crippen molar-refractivity contribution in [2.75, 3.05) is 24.5 Å². The average Bonchev–Trinajstić information content (AvgIpc) is 3.32. The Hall–Kier alpha value is -3.73. The number of carbonyl (C=O) groups excluding carboxylic acids is 1. The van der Waals surface area contributed by atoms with Crippen LogP contribution in [0.25, 0.3) is 22.0 Å². The molecule has 5 heteroatoms. The highest BCUT2D eigenvalue weighted by molar-refractivity contribution is 5.94. The number of nitrogens with zero attached hydrogens (tertiary/aromatic N) is 3. The van der Waals surface area contributed by atoms with Gasteiger partial charge >= 0.3 is 0 Å². The number of nitrogens with one attached hydrogen (secondary N) is 1. The second-order valence-corrected chi connectivity index (χ2v) is 7.98. The van der Waals surface area contributed by atoms with Crippen LogP contribution in [0.5, 0.6) is 0 Å². The fourth-order valence-corrected chi connectivity index (χ4v) is 4.12. The first kappa shape index (κ1) is 19.2. The van der Waals surface area contributed by atoms with Crippen LogP contribution < -0.4 is 10.2 Å². The Balaban J connectivity index is 1.25. The Morgan fingerprint density at radius 1 is 0.968 bits per heavy atom. The van der Waals surface area contributed by atoms with E-state index in [9.17, 15) is 4.79 Å². The zero-order valence-corrected chi connectivity index (χ0v) is 17.2. The number of anilines is 1. The lowest BCUT2D eigenvalue weighted by Gasteiger charge is -2.17. The highest BCUT2D eigenvalue weighted by atomic mass is 16.1. The Labute approximate surface area is 181 Å². The minimum absolute atomic E-state index is 0.0198. The first-order valence-corrected chi connectivity index (χ1v) is 10.7.